The Bertz CT molecular complexity index is 750. The fourth-order valence-corrected chi connectivity index (χ4v) is 2.11. The van der Waals surface area contributed by atoms with Crippen LogP contribution in [0.3, 0.4) is 0 Å². The summed E-state index contributed by atoms with van der Waals surface area (Å²) in [6.45, 7) is 0. The van der Waals surface area contributed by atoms with E-state index >= 15 is 0 Å². The third-order valence-corrected chi connectivity index (χ3v) is 2.94. The third-order valence-electron chi connectivity index (χ3n) is 2.94. The van der Waals surface area contributed by atoms with Crippen LogP contribution < -0.4 is 0 Å². The smallest absolute Gasteiger partial charge is 0.307 e. The number of hydrogen-bond acceptors (Lipinski definition) is 2. The Hall–Kier alpha value is -2.42. The normalized spacial score (nSPS) is 10.9. The maximum atomic E-state index is 10.7. The molecule has 0 bridgehead atoms. The van der Waals surface area contributed by atoms with E-state index in [1.165, 1.54) is 0 Å². The second-order valence-electron chi connectivity index (χ2n) is 4.28. The van der Waals surface area contributed by atoms with Crippen molar-refractivity contribution in [3.63, 3.8) is 0 Å². The maximum Gasteiger partial charge on any atom is 0.307 e. The summed E-state index contributed by atoms with van der Waals surface area (Å²) < 4.78 is 0. The molecule has 3 rings (SSSR count). The van der Waals surface area contributed by atoms with Gasteiger partial charge in [-0.25, -0.2) is 4.98 Å². The molecular weight excluding hydrogens is 226 g/mol. The van der Waals surface area contributed by atoms with Crippen LogP contribution in [0.5, 0.6) is 0 Å². The van der Waals surface area contributed by atoms with Gasteiger partial charge in [-0.1, -0.05) is 24.3 Å². The van der Waals surface area contributed by atoms with Crippen molar-refractivity contribution in [3.8, 4) is 0 Å². The van der Waals surface area contributed by atoms with E-state index in [1.54, 1.807) is 0 Å². The van der Waals surface area contributed by atoms with Crippen LogP contribution in [0.25, 0.3) is 21.8 Å². The molecule has 2 aromatic carbocycles. The van der Waals surface area contributed by atoms with Gasteiger partial charge in [-0.3, -0.25) is 4.79 Å². The van der Waals surface area contributed by atoms with Crippen molar-refractivity contribution in [2.75, 3.05) is 0 Å². The molecule has 0 aliphatic heterocycles. The summed E-state index contributed by atoms with van der Waals surface area (Å²) in [4.78, 5) is 15.3. The van der Waals surface area contributed by atoms with Gasteiger partial charge in [-0.2, -0.15) is 0 Å². The van der Waals surface area contributed by atoms with E-state index in [0.29, 0.717) is 0 Å². The summed E-state index contributed by atoms with van der Waals surface area (Å²) in [5.74, 6) is -0.817. The number of hydrogen-bond donors (Lipinski definition) is 1. The molecule has 0 fully saturated rings. The molecule has 1 aromatic heterocycles. The Labute approximate surface area is 104 Å². The second-order valence-corrected chi connectivity index (χ2v) is 4.28. The van der Waals surface area contributed by atoms with Crippen molar-refractivity contribution >= 4 is 27.8 Å². The Morgan fingerprint density at radius 1 is 1.00 bits per heavy atom. The predicted octanol–water partition coefficient (Wildman–Crippen LogP) is 3.02. The van der Waals surface area contributed by atoms with Crippen molar-refractivity contribution in [2.45, 2.75) is 6.42 Å². The minimum Gasteiger partial charge on any atom is -0.481 e. The van der Waals surface area contributed by atoms with E-state index in [1.807, 2.05) is 48.5 Å². The van der Waals surface area contributed by atoms with Crippen LogP contribution >= 0.6 is 0 Å². The molecule has 0 aliphatic rings. The van der Waals surface area contributed by atoms with Gasteiger partial charge in [0.25, 0.3) is 0 Å². The minimum atomic E-state index is -0.817. The number of carboxylic acid groups (broad SMARTS) is 1. The van der Waals surface area contributed by atoms with Crippen LogP contribution in [0.2, 0.25) is 0 Å². The summed E-state index contributed by atoms with van der Waals surface area (Å²) in [7, 11) is 0. The first-order valence-electron chi connectivity index (χ1n) is 5.72. The van der Waals surface area contributed by atoms with E-state index in [4.69, 9.17) is 5.11 Å². The topological polar surface area (TPSA) is 50.2 Å². The molecule has 0 atom stereocenters. The van der Waals surface area contributed by atoms with Crippen molar-refractivity contribution < 1.29 is 9.90 Å². The van der Waals surface area contributed by atoms with Gasteiger partial charge >= 0.3 is 5.97 Å². The molecule has 3 aromatic rings. The largest absolute Gasteiger partial charge is 0.481 e. The number of pyridine rings is 1. The summed E-state index contributed by atoms with van der Waals surface area (Å²) in [5.41, 5.74) is 2.64. The molecule has 0 radical (unpaired) electrons. The second kappa shape index (κ2) is 4.11. The van der Waals surface area contributed by atoms with Crippen LogP contribution in [0, 0.1) is 0 Å². The van der Waals surface area contributed by atoms with Gasteiger partial charge in [0.2, 0.25) is 0 Å². The van der Waals surface area contributed by atoms with Gasteiger partial charge in [-0.05, 0) is 29.8 Å². The zero-order chi connectivity index (χ0) is 12.5. The van der Waals surface area contributed by atoms with Crippen LogP contribution in [-0.4, -0.2) is 16.1 Å². The number of rotatable bonds is 2. The van der Waals surface area contributed by atoms with Gasteiger partial charge in [0.05, 0.1) is 17.5 Å². The Kier molecular flexibility index (Phi) is 2.45. The van der Waals surface area contributed by atoms with Crippen LogP contribution in [-0.2, 0) is 11.2 Å². The number of benzene rings is 2. The first kappa shape index (κ1) is 10.7. The molecule has 1 N–H and O–H groups in total. The number of carboxylic acids is 1. The number of para-hydroxylation sites is 1. The minimum absolute atomic E-state index is 0.0444. The first-order valence-corrected chi connectivity index (χ1v) is 5.72. The summed E-state index contributed by atoms with van der Waals surface area (Å²) in [6, 6.07) is 15.5. The molecule has 88 valence electrons. The lowest BCUT2D eigenvalue weighted by molar-refractivity contribution is -0.136. The summed E-state index contributed by atoms with van der Waals surface area (Å²) in [5, 5.41) is 10.8. The molecule has 0 saturated heterocycles. The molecule has 0 amide bonds. The zero-order valence-corrected chi connectivity index (χ0v) is 9.63. The molecule has 0 unspecified atom stereocenters. The lowest BCUT2D eigenvalue weighted by Crippen LogP contribution is -1.99. The molecule has 3 heteroatoms. The standard InChI is InChI=1S/C15H11NO2/c17-15(18)8-10-5-6-14-12(7-10)9-11-3-1-2-4-13(11)16-14/h1-7,9H,8H2,(H,17,18). The molecule has 0 aliphatic carbocycles. The van der Waals surface area contributed by atoms with Gasteiger partial charge in [0.1, 0.15) is 0 Å². The predicted molar refractivity (Wildman–Crippen MR) is 70.6 cm³/mol. The quantitative estimate of drug-likeness (QED) is 0.697. The highest BCUT2D eigenvalue weighted by Gasteiger charge is 2.03. The maximum absolute atomic E-state index is 10.7. The fourth-order valence-electron chi connectivity index (χ4n) is 2.11. The van der Waals surface area contributed by atoms with Crippen molar-refractivity contribution in [1.82, 2.24) is 4.98 Å². The number of aromatic nitrogens is 1. The van der Waals surface area contributed by atoms with Crippen LogP contribution in [0.4, 0.5) is 0 Å². The highest BCUT2D eigenvalue weighted by molar-refractivity contribution is 5.93. The SMILES string of the molecule is O=C(O)Cc1ccc2nc3ccccc3cc2c1. The summed E-state index contributed by atoms with van der Waals surface area (Å²) >= 11 is 0. The number of aliphatic carboxylic acids is 1. The van der Waals surface area contributed by atoms with E-state index in [9.17, 15) is 4.79 Å². The van der Waals surface area contributed by atoms with Crippen molar-refractivity contribution in [3.05, 3.63) is 54.1 Å². The van der Waals surface area contributed by atoms with E-state index < -0.39 is 5.97 Å². The Morgan fingerprint density at radius 3 is 2.61 bits per heavy atom. The molecule has 1 heterocycles. The lowest BCUT2D eigenvalue weighted by atomic mass is 10.1. The summed E-state index contributed by atoms with van der Waals surface area (Å²) in [6.07, 6.45) is 0.0444. The van der Waals surface area contributed by atoms with E-state index in [0.717, 1.165) is 27.4 Å². The first-order chi connectivity index (χ1) is 8.72. The van der Waals surface area contributed by atoms with E-state index in [2.05, 4.69) is 4.98 Å². The number of carbonyl (C=O) groups is 1. The molecule has 0 spiro atoms. The monoisotopic (exact) mass is 237 g/mol. The lowest BCUT2D eigenvalue weighted by Gasteiger charge is -2.03. The molecular formula is C15H11NO2. The van der Waals surface area contributed by atoms with Crippen LogP contribution in [0.15, 0.2) is 48.5 Å². The van der Waals surface area contributed by atoms with Gasteiger partial charge in [0, 0.05) is 10.8 Å². The van der Waals surface area contributed by atoms with Gasteiger partial charge < -0.3 is 5.11 Å². The van der Waals surface area contributed by atoms with E-state index in [-0.39, 0.29) is 6.42 Å². The highest BCUT2D eigenvalue weighted by atomic mass is 16.4. The number of nitrogens with zero attached hydrogens (tertiary/aromatic N) is 1. The average Bonchev–Trinajstić information content (AvgIpc) is 2.35. The average molecular weight is 237 g/mol. The van der Waals surface area contributed by atoms with Crippen molar-refractivity contribution in [2.24, 2.45) is 0 Å². The highest BCUT2D eigenvalue weighted by Crippen LogP contribution is 2.20. The van der Waals surface area contributed by atoms with Gasteiger partial charge in [-0.15, -0.1) is 0 Å². The molecule has 18 heavy (non-hydrogen) atoms. The third kappa shape index (κ3) is 1.91. The molecule has 0 saturated carbocycles. The van der Waals surface area contributed by atoms with Crippen LogP contribution in [0.1, 0.15) is 5.56 Å². The number of fused-ring (bicyclic) bond motifs is 2. The van der Waals surface area contributed by atoms with Crippen molar-refractivity contribution in [1.29, 1.82) is 0 Å². The Morgan fingerprint density at radius 2 is 1.78 bits per heavy atom. The zero-order valence-electron chi connectivity index (χ0n) is 9.63. The molecule has 3 nitrogen and oxygen atoms in total. The Balaban J connectivity index is 2.20. The van der Waals surface area contributed by atoms with Gasteiger partial charge in [0.15, 0.2) is 0 Å². The fraction of sp³-hybridized carbons (Fsp3) is 0.0667.